The van der Waals surface area contributed by atoms with Gasteiger partial charge < -0.3 is 4.74 Å². The van der Waals surface area contributed by atoms with E-state index in [9.17, 15) is 4.79 Å². The van der Waals surface area contributed by atoms with Gasteiger partial charge >= 0.3 is 0 Å². The van der Waals surface area contributed by atoms with E-state index in [1.54, 1.807) is 6.92 Å². The molecule has 1 amide bonds. The minimum atomic E-state index is -0.593. The molecule has 0 saturated carbocycles. The number of carbonyl (C=O) groups is 1. The van der Waals surface area contributed by atoms with E-state index in [2.05, 4.69) is 28.5 Å². The smallest absolute Gasteiger partial charge is 0.266 e. The van der Waals surface area contributed by atoms with Crippen LogP contribution in [-0.2, 0) is 17.6 Å². The Morgan fingerprint density at radius 1 is 1.15 bits per heavy atom. The monoisotopic (exact) mass is 364 g/mol. The fourth-order valence-electron chi connectivity index (χ4n) is 3.16. The number of fused-ring (bicyclic) bond motifs is 1. The van der Waals surface area contributed by atoms with E-state index < -0.39 is 6.10 Å². The Bertz CT molecular complexity index is 921. The molecule has 1 aromatic heterocycles. The fraction of sp³-hybridized carbons (Fsp3) is 0.238. The third kappa shape index (κ3) is 3.63. The standard InChI is InChI=1S/C21H20N2O2S/c1-14(25-18-8-3-2-4-9-18)20(24)23-21-22-19(13-26-21)17-11-10-15-6-5-7-16(15)12-17/h2-4,8-14H,5-7H2,1H3,(H,22,23,24)/t14-/m1/s1. The predicted octanol–water partition coefficient (Wildman–Crippen LogP) is 4.70. The lowest BCUT2D eigenvalue weighted by molar-refractivity contribution is -0.122. The van der Waals surface area contributed by atoms with E-state index in [-0.39, 0.29) is 5.91 Å². The SMILES string of the molecule is C[C@@H](Oc1ccccc1)C(=O)Nc1nc(-c2ccc3c(c2)CCC3)cs1. The molecule has 1 aliphatic carbocycles. The molecule has 4 nitrogen and oxygen atoms in total. The Labute approximate surface area is 156 Å². The summed E-state index contributed by atoms with van der Waals surface area (Å²) < 4.78 is 5.65. The van der Waals surface area contributed by atoms with Crippen molar-refractivity contribution in [1.82, 2.24) is 4.98 Å². The van der Waals surface area contributed by atoms with E-state index in [1.807, 2.05) is 35.7 Å². The Morgan fingerprint density at radius 3 is 2.81 bits per heavy atom. The summed E-state index contributed by atoms with van der Waals surface area (Å²) in [7, 11) is 0. The highest BCUT2D eigenvalue weighted by atomic mass is 32.1. The van der Waals surface area contributed by atoms with Crippen LogP contribution in [0.2, 0.25) is 0 Å². The zero-order valence-corrected chi connectivity index (χ0v) is 15.4. The molecule has 4 rings (SSSR count). The number of benzene rings is 2. The normalized spacial score (nSPS) is 13.9. The number of aryl methyl sites for hydroxylation is 2. The van der Waals surface area contributed by atoms with Crippen LogP contribution in [0.5, 0.6) is 5.75 Å². The number of nitrogens with one attached hydrogen (secondary N) is 1. The number of aromatic nitrogens is 1. The molecule has 1 atom stereocenters. The van der Waals surface area contributed by atoms with Crippen molar-refractivity contribution < 1.29 is 9.53 Å². The summed E-state index contributed by atoms with van der Waals surface area (Å²) in [4.78, 5) is 16.9. The molecule has 132 valence electrons. The number of anilines is 1. The lowest BCUT2D eigenvalue weighted by atomic mass is 10.1. The number of amides is 1. The molecule has 0 spiro atoms. The van der Waals surface area contributed by atoms with E-state index >= 15 is 0 Å². The van der Waals surface area contributed by atoms with Crippen LogP contribution in [0.15, 0.2) is 53.9 Å². The molecule has 0 unspecified atom stereocenters. The van der Waals surface area contributed by atoms with Crippen molar-refractivity contribution in [2.24, 2.45) is 0 Å². The van der Waals surface area contributed by atoms with Crippen LogP contribution in [0, 0.1) is 0 Å². The molecule has 2 aromatic carbocycles. The maximum absolute atomic E-state index is 12.3. The van der Waals surface area contributed by atoms with Crippen LogP contribution in [0.4, 0.5) is 5.13 Å². The van der Waals surface area contributed by atoms with Gasteiger partial charge in [-0.1, -0.05) is 30.3 Å². The molecule has 26 heavy (non-hydrogen) atoms. The highest BCUT2D eigenvalue weighted by Gasteiger charge is 2.17. The van der Waals surface area contributed by atoms with Crippen molar-refractivity contribution in [3.63, 3.8) is 0 Å². The molecular weight excluding hydrogens is 344 g/mol. The Morgan fingerprint density at radius 2 is 1.96 bits per heavy atom. The molecule has 5 heteroatoms. The number of para-hydroxylation sites is 1. The van der Waals surface area contributed by atoms with Crippen LogP contribution >= 0.6 is 11.3 Å². The number of rotatable bonds is 5. The molecule has 0 aliphatic heterocycles. The molecule has 0 bridgehead atoms. The van der Waals surface area contributed by atoms with Crippen LogP contribution in [-0.4, -0.2) is 17.0 Å². The first-order chi connectivity index (χ1) is 12.7. The van der Waals surface area contributed by atoms with Gasteiger partial charge in [0.2, 0.25) is 0 Å². The molecule has 0 radical (unpaired) electrons. The van der Waals surface area contributed by atoms with Gasteiger partial charge in [0.05, 0.1) is 5.69 Å². The Kier molecular flexibility index (Phi) is 4.71. The number of hydrogen-bond donors (Lipinski definition) is 1. The number of nitrogens with zero attached hydrogens (tertiary/aromatic N) is 1. The fourth-order valence-corrected chi connectivity index (χ4v) is 3.88. The van der Waals surface area contributed by atoms with Gasteiger partial charge in [0.1, 0.15) is 5.75 Å². The van der Waals surface area contributed by atoms with Gasteiger partial charge in [-0.05, 0) is 55.5 Å². The van der Waals surface area contributed by atoms with Gasteiger partial charge in [0.15, 0.2) is 11.2 Å². The Balaban J connectivity index is 1.42. The van der Waals surface area contributed by atoms with Gasteiger partial charge in [-0.15, -0.1) is 11.3 Å². The van der Waals surface area contributed by atoms with Crippen molar-refractivity contribution >= 4 is 22.4 Å². The number of carbonyl (C=O) groups excluding carboxylic acids is 1. The summed E-state index contributed by atoms with van der Waals surface area (Å²) in [6.07, 6.45) is 2.96. The van der Waals surface area contributed by atoms with Gasteiger partial charge in [0, 0.05) is 10.9 Å². The average Bonchev–Trinajstić information content (AvgIpc) is 3.31. The highest BCUT2D eigenvalue weighted by Crippen LogP contribution is 2.30. The van der Waals surface area contributed by atoms with E-state index in [1.165, 1.54) is 35.3 Å². The Hall–Kier alpha value is -2.66. The second-order valence-corrected chi connectivity index (χ2v) is 7.30. The second-order valence-electron chi connectivity index (χ2n) is 6.44. The zero-order valence-electron chi connectivity index (χ0n) is 14.6. The number of hydrogen-bond acceptors (Lipinski definition) is 4. The largest absolute Gasteiger partial charge is 0.481 e. The summed E-state index contributed by atoms with van der Waals surface area (Å²) >= 11 is 1.43. The lowest BCUT2D eigenvalue weighted by Gasteiger charge is -2.13. The number of thiazole rings is 1. The quantitative estimate of drug-likeness (QED) is 0.714. The van der Waals surface area contributed by atoms with Crippen LogP contribution < -0.4 is 10.1 Å². The van der Waals surface area contributed by atoms with E-state index in [0.29, 0.717) is 10.9 Å². The van der Waals surface area contributed by atoms with Crippen molar-refractivity contribution in [2.75, 3.05) is 5.32 Å². The molecule has 0 saturated heterocycles. The van der Waals surface area contributed by atoms with E-state index in [0.717, 1.165) is 17.7 Å². The average molecular weight is 364 g/mol. The van der Waals surface area contributed by atoms with Crippen molar-refractivity contribution in [1.29, 1.82) is 0 Å². The molecular formula is C21H20N2O2S. The summed E-state index contributed by atoms with van der Waals surface area (Å²) in [5.74, 6) is 0.469. The summed E-state index contributed by atoms with van der Waals surface area (Å²) in [6, 6.07) is 15.9. The topological polar surface area (TPSA) is 51.2 Å². The summed E-state index contributed by atoms with van der Waals surface area (Å²) in [5, 5.41) is 5.42. The maximum Gasteiger partial charge on any atom is 0.266 e. The first-order valence-electron chi connectivity index (χ1n) is 8.79. The highest BCUT2D eigenvalue weighted by molar-refractivity contribution is 7.14. The molecule has 0 fully saturated rings. The zero-order chi connectivity index (χ0) is 17.9. The second kappa shape index (κ2) is 7.30. The van der Waals surface area contributed by atoms with E-state index in [4.69, 9.17) is 4.74 Å². The molecule has 1 aliphatic rings. The van der Waals surface area contributed by atoms with Gasteiger partial charge in [-0.3, -0.25) is 10.1 Å². The first kappa shape index (κ1) is 16.8. The molecule has 3 aromatic rings. The third-order valence-corrected chi connectivity index (χ3v) is 5.31. The number of ether oxygens (including phenoxy) is 1. The predicted molar refractivity (Wildman–Crippen MR) is 105 cm³/mol. The lowest BCUT2D eigenvalue weighted by Crippen LogP contribution is -2.30. The maximum atomic E-state index is 12.3. The van der Waals surface area contributed by atoms with Gasteiger partial charge in [0.25, 0.3) is 5.91 Å². The first-order valence-corrected chi connectivity index (χ1v) is 9.67. The third-order valence-electron chi connectivity index (χ3n) is 4.55. The summed E-state index contributed by atoms with van der Waals surface area (Å²) in [6.45, 7) is 1.73. The minimum absolute atomic E-state index is 0.205. The van der Waals surface area contributed by atoms with Crippen LogP contribution in [0.25, 0.3) is 11.3 Å². The van der Waals surface area contributed by atoms with Crippen molar-refractivity contribution in [2.45, 2.75) is 32.3 Å². The van der Waals surface area contributed by atoms with Crippen molar-refractivity contribution in [3.05, 3.63) is 65.0 Å². The van der Waals surface area contributed by atoms with Gasteiger partial charge in [-0.25, -0.2) is 4.98 Å². The minimum Gasteiger partial charge on any atom is -0.481 e. The van der Waals surface area contributed by atoms with Crippen LogP contribution in [0.3, 0.4) is 0 Å². The molecule has 1 N–H and O–H groups in total. The van der Waals surface area contributed by atoms with Crippen LogP contribution in [0.1, 0.15) is 24.5 Å². The summed E-state index contributed by atoms with van der Waals surface area (Å²) in [5.41, 5.74) is 4.88. The van der Waals surface area contributed by atoms with Gasteiger partial charge in [-0.2, -0.15) is 0 Å². The molecule has 1 heterocycles. The van der Waals surface area contributed by atoms with Crippen molar-refractivity contribution in [3.8, 4) is 17.0 Å².